The zero-order valence-electron chi connectivity index (χ0n) is 20.9. The van der Waals surface area contributed by atoms with Crippen LogP contribution in [-0.4, -0.2) is 55.4 Å². The van der Waals surface area contributed by atoms with Crippen LogP contribution in [0.25, 0.3) is 11.0 Å². The van der Waals surface area contributed by atoms with Crippen LogP contribution in [0.1, 0.15) is 51.1 Å². The molecule has 2 aromatic heterocycles. The number of halogens is 2. The first-order valence-corrected chi connectivity index (χ1v) is 11.9. The van der Waals surface area contributed by atoms with E-state index < -0.39 is 12.7 Å². The predicted octanol–water partition coefficient (Wildman–Crippen LogP) is 4.27. The highest BCUT2D eigenvalue weighted by Crippen LogP contribution is 2.33. The van der Waals surface area contributed by atoms with Gasteiger partial charge in [0, 0.05) is 24.3 Å². The van der Waals surface area contributed by atoms with Gasteiger partial charge in [-0.25, -0.2) is 4.98 Å². The normalized spacial score (nSPS) is 19.5. The van der Waals surface area contributed by atoms with E-state index in [1.54, 1.807) is 49.2 Å². The predicted molar refractivity (Wildman–Crippen MR) is 138 cm³/mol. The number of rotatable bonds is 8. The van der Waals surface area contributed by atoms with Crippen molar-refractivity contribution in [3.05, 3.63) is 66.8 Å². The van der Waals surface area contributed by atoms with Crippen molar-refractivity contribution >= 4 is 28.4 Å². The Labute approximate surface area is 213 Å². The molecule has 3 atom stereocenters. The van der Waals surface area contributed by atoms with Crippen LogP contribution in [0.4, 0.5) is 8.78 Å². The third-order valence-electron chi connectivity index (χ3n) is 6.38. The minimum Gasteiger partial charge on any atom is -0.482 e. The maximum Gasteiger partial charge on any atom is 0.320 e. The number of hydrogen-bond acceptors (Lipinski definition) is 7. The van der Waals surface area contributed by atoms with Crippen molar-refractivity contribution in [3.63, 3.8) is 0 Å². The molecule has 3 heterocycles. The maximum absolute atomic E-state index is 13.8. The summed E-state index contributed by atoms with van der Waals surface area (Å²) in [4.78, 5) is 27.1. The van der Waals surface area contributed by atoms with Crippen molar-refractivity contribution in [1.29, 1.82) is 0 Å². The molecule has 3 aromatic rings. The summed E-state index contributed by atoms with van der Waals surface area (Å²) in [5.74, 6) is 5.83. The van der Waals surface area contributed by atoms with E-state index in [0.717, 1.165) is 10.9 Å². The Morgan fingerprint density at radius 2 is 2.11 bits per heavy atom. The Balaban J connectivity index is 1.71. The van der Waals surface area contributed by atoms with Crippen LogP contribution < -0.4 is 10.6 Å². The van der Waals surface area contributed by atoms with E-state index in [-0.39, 0.29) is 29.3 Å². The molecule has 4 rings (SSSR count). The number of amides is 1. The lowest BCUT2D eigenvalue weighted by Gasteiger charge is -2.18. The molecular formula is C26H29F2N7O2. The van der Waals surface area contributed by atoms with Crippen LogP contribution >= 0.6 is 0 Å². The van der Waals surface area contributed by atoms with Gasteiger partial charge in [-0.1, -0.05) is 12.6 Å². The Hall–Kier alpha value is -4.15. The van der Waals surface area contributed by atoms with Gasteiger partial charge in [0.25, 0.3) is 0 Å². The first-order valence-electron chi connectivity index (χ1n) is 11.9. The lowest BCUT2D eigenvalue weighted by Crippen LogP contribution is -2.32. The summed E-state index contributed by atoms with van der Waals surface area (Å²) in [7, 11) is 0. The molecule has 2 N–H and O–H groups in total. The number of ether oxygens (including phenoxy) is 1. The molecule has 0 saturated carbocycles. The van der Waals surface area contributed by atoms with Gasteiger partial charge in [-0.15, -0.1) is 0 Å². The minimum absolute atomic E-state index is 0.0214. The van der Waals surface area contributed by atoms with E-state index in [4.69, 9.17) is 15.6 Å². The van der Waals surface area contributed by atoms with Crippen molar-refractivity contribution in [2.45, 2.75) is 51.9 Å². The number of carbonyl (C=O) groups is 1. The molecule has 0 bridgehead atoms. The monoisotopic (exact) mass is 509 g/mol. The number of likely N-dealkylation sites (tertiary alicyclic amines) is 1. The van der Waals surface area contributed by atoms with Gasteiger partial charge >= 0.3 is 6.55 Å². The average molecular weight is 510 g/mol. The van der Waals surface area contributed by atoms with Crippen LogP contribution in [0.2, 0.25) is 0 Å². The summed E-state index contributed by atoms with van der Waals surface area (Å²) >= 11 is 0. The quantitative estimate of drug-likeness (QED) is 0.211. The number of fused-ring (bicyclic) bond motifs is 1. The lowest BCUT2D eigenvalue weighted by molar-refractivity contribution is -0.126. The fourth-order valence-electron chi connectivity index (χ4n) is 4.61. The second-order valence-electron chi connectivity index (χ2n) is 8.91. The number of nitrogens with two attached hydrogens (primary N) is 1. The number of imidazole rings is 1. The molecule has 0 aliphatic carbocycles. The zero-order valence-corrected chi connectivity index (χ0v) is 20.9. The van der Waals surface area contributed by atoms with Gasteiger partial charge in [0.1, 0.15) is 29.4 Å². The van der Waals surface area contributed by atoms with Crippen molar-refractivity contribution in [2.75, 3.05) is 6.54 Å². The summed E-state index contributed by atoms with van der Waals surface area (Å²) in [5.41, 5.74) is 2.52. The van der Waals surface area contributed by atoms with Gasteiger partial charge < -0.3 is 15.5 Å². The van der Waals surface area contributed by atoms with Crippen LogP contribution in [-0.2, 0) is 4.79 Å². The number of benzene rings is 1. The number of carbonyl (C=O) groups excluding carboxylic acids is 1. The van der Waals surface area contributed by atoms with Gasteiger partial charge in [-0.05, 0) is 57.5 Å². The Morgan fingerprint density at radius 1 is 1.32 bits per heavy atom. The molecule has 0 spiro atoms. The molecule has 1 aliphatic rings. The third-order valence-corrected chi connectivity index (χ3v) is 6.38. The summed E-state index contributed by atoms with van der Waals surface area (Å²) in [5, 5.41) is 3.96. The molecule has 9 nitrogen and oxygen atoms in total. The Morgan fingerprint density at radius 3 is 2.76 bits per heavy atom. The summed E-state index contributed by atoms with van der Waals surface area (Å²) in [6.07, 6.45) is 4.16. The molecule has 1 aliphatic heterocycles. The molecule has 37 heavy (non-hydrogen) atoms. The molecule has 1 aromatic carbocycles. The molecule has 1 amide bonds. The van der Waals surface area contributed by atoms with Gasteiger partial charge in [0.05, 0.1) is 23.0 Å². The summed E-state index contributed by atoms with van der Waals surface area (Å²) in [6.45, 7) is 6.72. The Kier molecular flexibility index (Phi) is 7.61. The molecule has 1 saturated heterocycles. The molecular weight excluding hydrogens is 480 g/mol. The van der Waals surface area contributed by atoms with E-state index >= 15 is 0 Å². The number of nitrogens with zero attached hydrogens (tertiary/aromatic N) is 6. The van der Waals surface area contributed by atoms with E-state index in [2.05, 4.69) is 21.6 Å². The first-order chi connectivity index (χ1) is 17.7. The van der Waals surface area contributed by atoms with E-state index in [0.29, 0.717) is 41.2 Å². The minimum atomic E-state index is -2.81. The van der Waals surface area contributed by atoms with Crippen LogP contribution in [0, 0.1) is 0 Å². The summed E-state index contributed by atoms with van der Waals surface area (Å²) in [6, 6.07) is 8.52. The third kappa shape index (κ3) is 5.35. The molecule has 194 valence electrons. The van der Waals surface area contributed by atoms with Crippen molar-refractivity contribution in [2.24, 2.45) is 15.9 Å². The van der Waals surface area contributed by atoms with Crippen molar-refractivity contribution < 1.29 is 18.3 Å². The molecule has 0 unspecified atom stereocenters. The van der Waals surface area contributed by atoms with Crippen LogP contribution in [0.5, 0.6) is 5.75 Å². The van der Waals surface area contributed by atoms with E-state index in [9.17, 15) is 13.6 Å². The SMILES string of the molecule is C=CC(=O)N1C[C@@H](N=C(C)/C(=N\N)c2cc(O[C@H](C)c3ccccn3)c3c(c2)ncn3C(F)F)C[C@@H]1C. The fourth-order valence-corrected chi connectivity index (χ4v) is 4.61. The van der Waals surface area contributed by atoms with Gasteiger partial charge in [0.2, 0.25) is 5.91 Å². The number of hydrogen-bond donors (Lipinski definition) is 1. The van der Waals surface area contributed by atoms with Crippen LogP contribution in [0.3, 0.4) is 0 Å². The van der Waals surface area contributed by atoms with Crippen molar-refractivity contribution in [3.8, 4) is 5.75 Å². The smallest absolute Gasteiger partial charge is 0.320 e. The highest BCUT2D eigenvalue weighted by molar-refractivity contribution is 6.47. The lowest BCUT2D eigenvalue weighted by atomic mass is 10.0. The number of pyridine rings is 1. The second-order valence-corrected chi connectivity index (χ2v) is 8.91. The van der Waals surface area contributed by atoms with E-state index in [1.807, 2.05) is 13.0 Å². The first kappa shape index (κ1) is 25.9. The standard InChI is InChI=1S/C26H29F2N7O2/c1-5-23(36)34-13-19(10-15(34)2)32-16(3)24(33-29)18-11-21-25(35(14-31-21)26(27)28)22(12-18)37-17(4)20-8-6-7-9-30-20/h5-9,11-12,14-15,17,19,26H,1,10,13,29H2,2-4H3/b32-16?,33-24+/t15-,17+,19-/m0/s1. The highest BCUT2D eigenvalue weighted by Gasteiger charge is 2.31. The van der Waals surface area contributed by atoms with Gasteiger partial charge in [-0.3, -0.25) is 19.3 Å². The number of alkyl halides is 2. The van der Waals surface area contributed by atoms with E-state index in [1.165, 1.54) is 6.08 Å². The van der Waals surface area contributed by atoms with Gasteiger partial charge in [-0.2, -0.15) is 13.9 Å². The largest absolute Gasteiger partial charge is 0.482 e. The molecule has 0 radical (unpaired) electrons. The number of hydrazone groups is 1. The summed E-state index contributed by atoms with van der Waals surface area (Å²) < 4.78 is 34.4. The second kappa shape index (κ2) is 10.9. The molecule has 1 fully saturated rings. The number of aliphatic imine (C=N–C) groups is 1. The van der Waals surface area contributed by atoms with Gasteiger partial charge in [0.15, 0.2) is 0 Å². The highest BCUT2D eigenvalue weighted by atomic mass is 19.3. The Bertz CT molecular complexity index is 1350. The topological polar surface area (TPSA) is 111 Å². The average Bonchev–Trinajstić information content (AvgIpc) is 3.48. The van der Waals surface area contributed by atoms with Crippen molar-refractivity contribution in [1.82, 2.24) is 19.4 Å². The number of aromatic nitrogens is 3. The zero-order chi connectivity index (χ0) is 26.7. The van der Waals surface area contributed by atoms with Crippen LogP contribution in [0.15, 0.2) is 65.6 Å². The maximum atomic E-state index is 13.8. The fraction of sp³-hybridized carbons (Fsp3) is 0.346. The molecule has 11 heteroatoms.